The van der Waals surface area contributed by atoms with Crippen LogP contribution in [0.3, 0.4) is 0 Å². The van der Waals surface area contributed by atoms with Gasteiger partial charge >= 0.3 is 0 Å². The zero-order valence-corrected chi connectivity index (χ0v) is 16.3. The lowest BCUT2D eigenvalue weighted by Crippen LogP contribution is -2.38. The predicted molar refractivity (Wildman–Crippen MR) is 109 cm³/mol. The molecule has 0 unspecified atom stereocenters. The lowest BCUT2D eigenvalue weighted by atomic mass is 10.2. The summed E-state index contributed by atoms with van der Waals surface area (Å²) in [5.74, 6) is -0.214. The third-order valence-corrected chi connectivity index (χ3v) is 5.84. The molecule has 7 heteroatoms. The van der Waals surface area contributed by atoms with E-state index < -0.39 is 10.0 Å². The van der Waals surface area contributed by atoms with E-state index in [1.54, 1.807) is 24.3 Å². The Bertz CT molecular complexity index is 861. The van der Waals surface area contributed by atoms with Crippen molar-refractivity contribution in [3.8, 4) is 0 Å². The molecule has 0 bridgehead atoms. The molecule has 144 valence electrons. The number of benzene rings is 2. The van der Waals surface area contributed by atoms with Gasteiger partial charge in [-0.2, -0.15) is 0 Å². The SMILES string of the molecule is CS(=O)(=O)N(CCNC(=O)c1ccccc1)c1ccc(N2CCCC2)cc1. The smallest absolute Gasteiger partial charge is 0.251 e. The molecule has 1 amide bonds. The first-order chi connectivity index (χ1) is 12.9. The van der Waals surface area contributed by atoms with Gasteiger partial charge in [0.2, 0.25) is 10.0 Å². The maximum absolute atomic E-state index is 12.2. The van der Waals surface area contributed by atoms with E-state index >= 15 is 0 Å². The molecule has 0 atom stereocenters. The van der Waals surface area contributed by atoms with Crippen molar-refractivity contribution in [2.75, 3.05) is 41.6 Å². The minimum atomic E-state index is -3.44. The van der Waals surface area contributed by atoms with Crippen molar-refractivity contribution in [2.45, 2.75) is 12.8 Å². The molecular formula is C20H25N3O3S. The van der Waals surface area contributed by atoms with Crippen molar-refractivity contribution in [3.05, 3.63) is 60.2 Å². The average Bonchev–Trinajstić information content (AvgIpc) is 3.20. The summed E-state index contributed by atoms with van der Waals surface area (Å²) in [5.41, 5.74) is 2.27. The van der Waals surface area contributed by atoms with Crippen LogP contribution in [0.5, 0.6) is 0 Å². The summed E-state index contributed by atoms with van der Waals surface area (Å²) in [6.45, 7) is 2.50. The van der Waals surface area contributed by atoms with E-state index in [-0.39, 0.29) is 19.0 Å². The highest BCUT2D eigenvalue weighted by Crippen LogP contribution is 2.24. The van der Waals surface area contributed by atoms with Gasteiger partial charge in [0.05, 0.1) is 18.5 Å². The van der Waals surface area contributed by atoms with Gasteiger partial charge in [0.1, 0.15) is 0 Å². The Balaban J connectivity index is 1.65. The molecule has 0 aliphatic carbocycles. The van der Waals surface area contributed by atoms with Crippen molar-refractivity contribution in [3.63, 3.8) is 0 Å². The molecule has 2 aromatic carbocycles. The van der Waals surface area contributed by atoms with Gasteiger partial charge in [-0.15, -0.1) is 0 Å². The molecule has 0 aromatic heterocycles. The summed E-state index contributed by atoms with van der Waals surface area (Å²) in [5, 5.41) is 2.77. The Labute approximate surface area is 160 Å². The zero-order valence-electron chi connectivity index (χ0n) is 15.5. The highest BCUT2D eigenvalue weighted by molar-refractivity contribution is 7.92. The fourth-order valence-corrected chi connectivity index (χ4v) is 4.18. The molecule has 1 fully saturated rings. The molecule has 1 aliphatic heterocycles. The van der Waals surface area contributed by atoms with Crippen LogP contribution in [-0.2, 0) is 10.0 Å². The number of hydrogen-bond donors (Lipinski definition) is 1. The third-order valence-electron chi connectivity index (χ3n) is 4.65. The number of nitrogens with zero attached hydrogens (tertiary/aromatic N) is 2. The van der Waals surface area contributed by atoms with E-state index in [4.69, 9.17) is 0 Å². The van der Waals surface area contributed by atoms with Gasteiger partial charge in [0, 0.05) is 30.9 Å². The van der Waals surface area contributed by atoms with Crippen LogP contribution >= 0.6 is 0 Å². The Morgan fingerprint density at radius 2 is 1.67 bits per heavy atom. The third kappa shape index (κ3) is 5.01. The predicted octanol–water partition coefficient (Wildman–Crippen LogP) is 2.48. The van der Waals surface area contributed by atoms with Gasteiger partial charge < -0.3 is 10.2 Å². The Hall–Kier alpha value is -2.54. The summed E-state index contributed by atoms with van der Waals surface area (Å²) in [6.07, 6.45) is 3.57. The van der Waals surface area contributed by atoms with Gasteiger partial charge in [-0.05, 0) is 49.2 Å². The van der Waals surface area contributed by atoms with Gasteiger partial charge in [-0.3, -0.25) is 9.10 Å². The van der Waals surface area contributed by atoms with Crippen molar-refractivity contribution in [2.24, 2.45) is 0 Å². The second kappa shape index (κ2) is 8.43. The maximum atomic E-state index is 12.2. The minimum absolute atomic E-state index is 0.181. The number of carbonyl (C=O) groups is 1. The van der Waals surface area contributed by atoms with Crippen LogP contribution in [0.2, 0.25) is 0 Å². The molecule has 3 rings (SSSR count). The Morgan fingerprint density at radius 3 is 2.26 bits per heavy atom. The standard InChI is InChI=1S/C20H25N3O3S/c1-27(25,26)23(16-13-21-20(24)17-7-3-2-4-8-17)19-11-9-18(10-12-19)22-14-5-6-15-22/h2-4,7-12H,5-6,13-16H2,1H3,(H,21,24). The number of nitrogens with one attached hydrogen (secondary N) is 1. The summed E-state index contributed by atoms with van der Waals surface area (Å²) in [7, 11) is -3.44. The molecule has 1 saturated heterocycles. The molecule has 27 heavy (non-hydrogen) atoms. The van der Waals surface area contributed by atoms with Crippen LogP contribution in [-0.4, -0.2) is 46.8 Å². The van der Waals surface area contributed by atoms with Crippen molar-refractivity contribution < 1.29 is 13.2 Å². The number of hydrogen-bond acceptors (Lipinski definition) is 4. The van der Waals surface area contributed by atoms with Crippen LogP contribution in [0, 0.1) is 0 Å². The fraction of sp³-hybridized carbons (Fsp3) is 0.350. The van der Waals surface area contributed by atoms with Gasteiger partial charge in [0.15, 0.2) is 0 Å². The number of carbonyl (C=O) groups excluding carboxylic acids is 1. The highest BCUT2D eigenvalue weighted by Gasteiger charge is 2.19. The second-order valence-corrected chi connectivity index (χ2v) is 8.57. The Kier molecular flexibility index (Phi) is 6.01. The molecule has 6 nitrogen and oxygen atoms in total. The van der Waals surface area contributed by atoms with Crippen molar-refractivity contribution in [1.29, 1.82) is 0 Å². The van der Waals surface area contributed by atoms with E-state index in [1.165, 1.54) is 23.4 Å². The summed E-state index contributed by atoms with van der Waals surface area (Å²) in [4.78, 5) is 14.4. The molecule has 1 N–H and O–H groups in total. The van der Waals surface area contributed by atoms with E-state index in [9.17, 15) is 13.2 Å². The first-order valence-electron chi connectivity index (χ1n) is 9.11. The van der Waals surface area contributed by atoms with Gasteiger partial charge in [-0.1, -0.05) is 18.2 Å². The van der Waals surface area contributed by atoms with Crippen LogP contribution in [0.4, 0.5) is 11.4 Å². The van der Waals surface area contributed by atoms with Crippen LogP contribution in [0.25, 0.3) is 0 Å². The fourth-order valence-electron chi connectivity index (χ4n) is 3.25. The molecule has 1 aliphatic rings. The topological polar surface area (TPSA) is 69.7 Å². The van der Waals surface area contributed by atoms with Crippen LogP contribution < -0.4 is 14.5 Å². The summed E-state index contributed by atoms with van der Waals surface area (Å²) < 4.78 is 25.8. The van der Waals surface area contributed by atoms with Gasteiger partial charge in [0.25, 0.3) is 5.91 Å². The molecule has 2 aromatic rings. The Morgan fingerprint density at radius 1 is 1.04 bits per heavy atom. The van der Waals surface area contributed by atoms with Crippen LogP contribution in [0.15, 0.2) is 54.6 Å². The first-order valence-corrected chi connectivity index (χ1v) is 11.0. The largest absolute Gasteiger partial charge is 0.372 e. The summed E-state index contributed by atoms with van der Waals surface area (Å²) >= 11 is 0. The monoisotopic (exact) mass is 387 g/mol. The molecule has 0 saturated carbocycles. The number of anilines is 2. The first kappa shape index (κ1) is 19.2. The molecule has 1 heterocycles. The zero-order chi connectivity index (χ0) is 19.3. The van der Waals surface area contributed by atoms with Crippen LogP contribution in [0.1, 0.15) is 23.2 Å². The summed E-state index contributed by atoms with van der Waals surface area (Å²) in [6, 6.07) is 16.4. The molecular weight excluding hydrogens is 362 g/mol. The molecule has 0 radical (unpaired) electrons. The van der Waals surface area contributed by atoms with E-state index in [0.717, 1.165) is 18.8 Å². The lowest BCUT2D eigenvalue weighted by Gasteiger charge is -2.24. The van der Waals surface area contributed by atoms with Gasteiger partial charge in [-0.25, -0.2) is 8.42 Å². The maximum Gasteiger partial charge on any atom is 0.251 e. The van der Waals surface area contributed by atoms with E-state index in [2.05, 4.69) is 10.2 Å². The van der Waals surface area contributed by atoms with Crippen molar-refractivity contribution in [1.82, 2.24) is 5.32 Å². The quantitative estimate of drug-likeness (QED) is 0.792. The second-order valence-electron chi connectivity index (χ2n) is 6.67. The number of amides is 1. The normalized spacial score (nSPS) is 14.2. The van der Waals surface area contributed by atoms with E-state index in [0.29, 0.717) is 11.3 Å². The molecule has 0 spiro atoms. The lowest BCUT2D eigenvalue weighted by molar-refractivity contribution is 0.0955. The average molecular weight is 388 g/mol. The number of rotatable bonds is 7. The minimum Gasteiger partial charge on any atom is -0.372 e. The number of sulfonamides is 1. The van der Waals surface area contributed by atoms with E-state index in [1.807, 2.05) is 30.3 Å². The highest BCUT2D eigenvalue weighted by atomic mass is 32.2. The van der Waals surface area contributed by atoms with Crippen molar-refractivity contribution >= 4 is 27.3 Å².